The molecule has 2 aromatic rings. The normalized spacial score (nSPS) is 10.5. The lowest BCUT2D eigenvalue weighted by atomic mass is 10.1. The number of rotatable bonds is 4. The van der Waals surface area contributed by atoms with Crippen LogP contribution in [0.1, 0.15) is 5.82 Å². The molecule has 17 heavy (non-hydrogen) atoms. The number of hydrogen-bond acceptors (Lipinski definition) is 3. The number of methoxy groups -OCH3 is 1. The Balaban J connectivity index is 2.31. The van der Waals surface area contributed by atoms with Gasteiger partial charge in [0.15, 0.2) is 0 Å². The zero-order chi connectivity index (χ0) is 12.3. The summed E-state index contributed by atoms with van der Waals surface area (Å²) in [6.07, 6.45) is 0.468. The fraction of sp³-hybridized carbons (Fsp3) is 0.250. The number of halogens is 1. The summed E-state index contributed by atoms with van der Waals surface area (Å²) in [5.74, 6) is 1.47. The molecule has 0 unspecified atom stereocenters. The topological polar surface area (TPSA) is 58.1 Å². The SMILES string of the molecule is COc1ccc(-c2nc(CCO)[nH]c2Cl)cc1. The summed E-state index contributed by atoms with van der Waals surface area (Å²) in [6, 6.07) is 7.49. The van der Waals surface area contributed by atoms with Crippen molar-refractivity contribution in [3.63, 3.8) is 0 Å². The van der Waals surface area contributed by atoms with Crippen molar-refractivity contribution in [3.8, 4) is 17.0 Å². The number of H-pyrrole nitrogens is 1. The molecule has 2 rings (SSSR count). The summed E-state index contributed by atoms with van der Waals surface area (Å²) >= 11 is 6.06. The molecule has 0 aliphatic heterocycles. The van der Waals surface area contributed by atoms with E-state index in [2.05, 4.69) is 9.97 Å². The van der Waals surface area contributed by atoms with Gasteiger partial charge in [-0.15, -0.1) is 0 Å². The Morgan fingerprint density at radius 1 is 1.35 bits per heavy atom. The van der Waals surface area contributed by atoms with Crippen molar-refractivity contribution in [2.75, 3.05) is 13.7 Å². The number of aliphatic hydroxyl groups excluding tert-OH is 1. The van der Waals surface area contributed by atoms with E-state index in [1.807, 2.05) is 24.3 Å². The maximum Gasteiger partial charge on any atom is 0.134 e. The first-order valence-corrected chi connectivity index (χ1v) is 5.62. The van der Waals surface area contributed by atoms with E-state index >= 15 is 0 Å². The highest BCUT2D eigenvalue weighted by atomic mass is 35.5. The molecule has 4 nitrogen and oxygen atoms in total. The number of hydrogen-bond donors (Lipinski definition) is 2. The van der Waals surface area contributed by atoms with E-state index in [0.29, 0.717) is 23.1 Å². The number of aromatic nitrogens is 2. The third-order valence-electron chi connectivity index (χ3n) is 2.42. The number of imidazole rings is 1. The number of ether oxygens (including phenoxy) is 1. The molecule has 0 fully saturated rings. The Bertz CT molecular complexity index is 494. The van der Waals surface area contributed by atoms with Gasteiger partial charge in [0, 0.05) is 12.0 Å². The van der Waals surface area contributed by atoms with Gasteiger partial charge >= 0.3 is 0 Å². The lowest BCUT2D eigenvalue weighted by Gasteiger charge is -2.01. The van der Waals surface area contributed by atoms with E-state index in [1.54, 1.807) is 7.11 Å². The van der Waals surface area contributed by atoms with Gasteiger partial charge in [-0.2, -0.15) is 0 Å². The largest absolute Gasteiger partial charge is 0.497 e. The highest BCUT2D eigenvalue weighted by Crippen LogP contribution is 2.27. The van der Waals surface area contributed by atoms with Crippen LogP contribution in [0.25, 0.3) is 11.3 Å². The van der Waals surface area contributed by atoms with Crippen molar-refractivity contribution in [3.05, 3.63) is 35.2 Å². The van der Waals surface area contributed by atoms with Crippen LogP contribution in [0.2, 0.25) is 5.15 Å². The lowest BCUT2D eigenvalue weighted by Crippen LogP contribution is -1.92. The van der Waals surface area contributed by atoms with Crippen molar-refractivity contribution >= 4 is 11.6 Å². The molecular weight excluding hydrogens is 240 g/mol. The Labute approximate surface area is 104 Å². The van der Waals surface area contributed by atoms with Crippen LogP contribution in [0.4, 0.5) is 0 Å². The van der Waals surface area contributed by atoms with E-state index in [-0.39, 0.29) is 6.61 Å². The summed E-state index contributed by atoms with van der Waals surface area (Å²) in [5, 5.41) is 9.32. The number of aromatic amines is 1. The summed E-state index contributed by atoms with van der Waals surface area (Å²) in [6.45, 7) is 0.0475. The van der Waals surface area contributed by atoms with Crippen molar-refractivity contribution in [1.29, 1.82) is 0 Å². The fourth-order valence-electron chi connectivity index (χ4n) is 1.56. The first kappa shape index (κ1) is 12.0. The van der Waals surface area contributed by atoms with Crippen LogP contribution in [0.5, 0.6) is 5.75 Å². The van der Waals surface area contributed by atoms with Gasteiger partial charge in [-0.25, -0.2) is 4.98 Å². The summed E-state index contributed by atoms with van der Waals surface area (Å²) in [4.78, 5) is 7.27. The molecule has 5 heteroatoms. The highest BCUT2D eigenvalue weighted by Gasteiger charge is 2.10. The van der Waals surface area contributed by atoms with Gasteiger partial charge in [0.2, 0.25) is 0 Å². The molecule has 0 aliphatic rings. The zero-order valence-corrected chi connectivity index (χ0v) is 10.2. The maximum atomic E-state index is 8.84. The first-order chi connectivity index (χ1) is 8.24. The van der Waals surface area contributed by atoms with Crippen molar-refractivity contribution < 1.29 is 9.84 Å². The molecule has 1 heterocycles. The second-order valence-electron chi connectivity index (χ2n) is 3.55. The minimum absolute atomic E-state index is 0.0475. The smallest absolute Gasteiger partial charge is 0.134 e. The zero-order valence-electron chi connectivity index (χ0n) is 9.40. The van der Waals surface area contributed by atoms with E-state index in [0.717, 1.165) is 11.3 Å². The van der Waals surface area contributed by atoms with Crippen LogP contribution in [0, 0.1) is 0 Å². The Kier molecular flexibility index (Phi) is 3.66. The lowest BCUT2D eigenvalue weighted by molar-refractivity contribution is 0.297. The van der Waals surface area contributed by atoms with Gasteiger partial charge < -0.3 is 14.8 Å². The molecule has 0 amide bonds. The van der Waals surface area contributed by atoms with Crippen molar-refractivity contribution in [2.45, 2.75) is 6.42 Å². The summed E-state index contributed by atoms with van der Waals surface area (Å²) < 4.78 is 5.08. The van der Waals surface area contributed by atoms with Crippen LogP contribution in [0.3, 0.4) is 0 Å². The molecule has 0 bridgehead atoms. The molecule has 0 spiro atoms. The quantitative estimate of drug-likeness (QED) is 0.878. The molecule has 0 atom stereocenters. The fourth-order valence-corrected chi connectivity index (χ4v) is 1.82. The predicted octanol–water partition coefficient (Wildman–Crippen LogP) is 2.27. The highest BCUT2D eigenvalue weighted by molar-refractivity contribution is 6.31. The average Bonchev–Trinajstić information content (AvgIpc) is 2.71. The van der Waals surface area contributed by atoms with Gasteiger partial charge in [-0.1, -0.05) is 11.6 Å². The standard InChI is InChI=1S/C12H13ClN2O2/c1-17-9-4-2-8(3-5-9)11-12(13)15-10(14-11)6-7-16/h2-5,16H,6-7H2,1H3,(H,14,15). The molecular formula is C12H13ClN2O2. The number of aliphatic hydroxyl groups is 1. The van der Waals surface area contributed by atoms with Gasteiger partial charge in [-0.05, 0) is 24.3 Å². The number of nitrogens with zero attached hydrogens (tertiary/aromatic N) is 1. The number of benzene rings is 1. The van der Waals surface area contributed by atoms with E-state index in [1.165, 1.54) is 0 Å². The van der Waals surface area contributed by atoms with Gasteiger partial charge in [0.25, 0.3) is 0 Å². The average molecular weight is 253 g/mol. The van der Waals surface area contributed by atoms with Crippen LogP contribution in [0.15, 0.2) is 24.3 Å². The first-order valence-electron chi connectivity index (χ1n) is 5.24. The third kappa shape index (κ3) is 2.60. The van der Waals surface area contributed by atoms with Crippen LogP contribution in [-0.2, 0) is 6.42 Å². The minimum atomic E-state index is 0.0475. The predicted molar refractivity (Wildman–Crippen MR) is 66.4 cm³/mol. The van der Waals surface area contributed by atoms with Crippen LogP contribution < -0.4 is 4.74 Å². The van der Waals surface area contributed by atoms with E-state index in [4.69, 9.17) is 21.4 Å². The minimum Gasteiger partial charge on any atom is -0.497 e. The molecule has 90 valence electrons. The summed E-state index contributed by atoms with van der Waals surface area (Å²) in [5.41, 5.74) is 1.61. The third-order valence-corrected chi connectivity index (χ3v) is 2.69. The van der Waals surface area contributed by atoms with Crippen LogP contribution in [-0.4, -0.2) is 28.8 Å². The molecule has 1 aromatic heterocycles. The van der Waals surface area contributed by atoms with Gasteiger partial charge in [0.05, 0.1) is 13.7 Å². The monoisotopic (exact) mass is 252 g/mol. The van der Waals surface area contributed by atoms with Crippen LogP contribution >= 0.6 is 11.6 Å². The Morgan fingerprint density at radius 3 is 2.65 bits per heavy atom. The molecule has 2 N–H and O–H groups in total. The second kappa shape index (κ2) is 5.21. The molecule has 0 saturated heterocycles. The Morgan fingerprint density at radius 2 is 2.06 bits per heavy atom. The van der Waals surface area contributed by atoms with Crippen molar-refractivity contribution in [1.82, 2.24) is 9.97 Å². The molecule has 1 aromatic carbocycles. The molecule has 0 radical (unpaired) electrons. The van der Waals surface area contributed by atoms with Gasteiger partial charge in [0.1, 0.15) is 22.4 Å². The molecule has 0 saturated carbocycles. The second-order valence-corrected chi connectivity index (χ2v) is 3.93. The van der Waals surface area contributed by atoms with E-state index in [9.17, 15) is 0 Å². The Hall–Kier alpha value is -1.52. The maximum absolute atomic E-state index is 8.84. The number of nitrogens with one attached hydrogen (secondary N) is 1. The summed E-state index contributed by atoms with van der Waals surface area (Å²) in [7, 11) is 1.62. The molecule has 0 aliphatic carbocycles. The van der Waals surface area contributed by atoms with E-state index < -0.39 is 0 Å². The van der Waals surface area contributed by atoms with Crippen molar-refractivity contribution in [2.24, 2.45) is 0 Å². The van der Waals surface area contributed by atoms with Gasteiger partial charge in [-0.3, -0.25) is 0 Å².